The molecule has 0 aromatic carbocycles. The molecule has 1 saturated carbocycles. The lowest BCUT2D eigenvalue weighted by atomic mass is 10.3. The molecule has 1 heterocycles. The third-order valence-corrected chi connectivity index (χ3v) is 2.36. The van der Waals surface area contributed by atoms with Crippen molar-refractivity contribution >= 4 is 0 Å². The standard InChI is InChI=1S/C9H11F3N2.C2H6/c1-2-6-5-8(9(10,11)12)13-14(6)7-3-4-7;1-2/h5,7H,2-4H2,1H3;1-2H3. The Kier molecular flexibility index (Phi) is 3.99. The van der Waals surface area contributed by atoms with Crippen molar-refractivity contribution in [2.45, 2.75) is 52.3 Å². The minimum atomic E-state index is -4.32. The van der Waals surface area contributed by atoms with Crippen molar-refractivity contribution < 1.29 is 13.2 Å². The second-order valence-corrected chi connectivity index (χ2v) is 3.55. The maximum Gasteiger partial charge on any atom is 0.435 e. The van der Waals surface area contributed by atoms with Crippen LogP contribution in [0, 0.1) is 0 Å². The predicted octanol–water partition coefficient (Wildman–Crippen LogP) is 3.83. The molecule has 0 atom stereocenters. The van der Waals surface area contributed by atoms with Crippen LogP contribution in [0.5, 0.6) is 0 Å². The van der Waals surface area contributed by atoms with Gasteiger partial charge in [-0.25, -0.2) is 0 Å². The Balaban J connectivity index is 0.000000606. The number of hydrogen-bond donors (Lipinski definition) is 0. The van der Waals surface area contributed by atoms with E-state index in [4.69, 9.17) is 0 Å². The molecule has 0 bridgehead atoms. The molecule has 1 aliphatic rings. The highest BCUT2D eigenvalue weighted by Gasteiger charge is 2.36. The van der Waals surface area contributed by atoms with Gasteiger partial charge in [0.25, 0.3) is 0 Å². The van der Waals surface area contributed by atoms with Crippen LogP contribution in [0.25, 0.3) is 0 Å². The van der Waals surface area contributed by atoms with Crippen LogP contribution in [0.4, 0.5) is 13.2 Å². The molecule has 1 fully saturated rings. The first-order valence-corrected chi connectivity index (χ1v) is 5.68. The van der Waals surface area contributed by atoms with Crippen molar-refractivity contribution in [3.8, 4) is 0 Å². The average Bonchev–Trinajstić information content (AvgIpc) is 2.98. The topological polar surface area (TPSA) is 17.8 Å². The first-order valence-electron chi connectivity index (χ1n) is 5.68. The summed E-state index contributed by atoms with van der Waals surface area (Å²) in [5.41, 5.74) is -0.0823. The maximum atomic E-state index is 12.3. The number of rotatable bonds is 2. The van der Waals surface area contributed by atoms with Gasteiger partial charge >= 0.3 is 6.18 Å². The van der Waals surface area contributed by atoms with Gasteiger partial charge in [0.05, 0.1) is 6.04 Å². The van der Waals surface area contributed by atoms with Gasteiger partial charge in [0.2, 0.25) is 0 Å². The number of nitrogens with zero attached hydrogens (tertiary/aromatic N) is 2. The van der Waals surface area contributed by atoms with E-state index >= 15 is 0 Å². The SMILES string of the molecule is CC.CCc1cc(C(F)(F)F)nn1C1CC1. The van der Waals surface area contributed by atoms with Gasteiger partial charge < -0.3 is 0 Å². The summed E-state index contributed by atoms with van der Waals surface area (Å²) >= 11 is 0. The first-order chi connectivity index (χ1) is 7.52. The van der Waals surface area contributed by atoms with E-state index in [0.29, 0.717) is 12.1 Å². The number of aromatic nitrogens is 2. The van der Waals surface area contributed by atoms with E-state index in [9.17, 15) is 13.2 Å². The van der Waals surface area contributed by atoms with Gasteiger partial charge in [-0.2, -0.15) is 18.3 Å². The molecule has 16 heavy (non-hydrogen) atoms. The Hall–Kier alpha value is -1.00. The van der Waals surface area contributed by atoms with E-state index in [2.05, 4.69) is 5.10 Å². The molecule has 0 amide bonds. The predicted molar refractivity (Wildman–Crippen MR) is 56.2 cm³/mol. The Morgan fingerprint density at radius 3 is 2.31 bits per heavy atom. The van der Waals surface area contributed by atoms with Crippen LogP contribution in [-0.4, -0.2) is 9.78 Å². The van der Waals surface area contributed by atoms with Crippen molar-refractivity contribution in [2.75, 3.05) is 0 Å². The molecule has 2 rings (SSSR count). The quantitative estimate of drug-likeness (QED) is 0.760. The van der Waals surface area contributed by atoms with Crippen LogP contribution in [0.15, 0.2) is 6.07 Å². The molecular formula is C11H17F3N2. The molecule has 0 aliphatic heterocycles. The van der Waals surface area contributed by atoms with Crippen molar-refractivity contribution in [1.82, 2.24) is 9.78 Å². The number of aryl methyl sites for hydroxylation is 1. The zero-order chi connectivity index (χ0) is 12.3. The van der Waals surface area contributed by atoms with Crippen LogP contribution in [0.2, 0.25) is 0 Å². The summed E-state index contributed by atoms with van der Waals surface area (Å²) in [5.74, 6) is 0. The molecule has 2 nitrogen and oxygen atoms in total. The second-order valence-electron chi connectivity index (χ2n) is 3.55. The second kappa shape index (κ2) is 4.89. The minimum Gasteiger partial charge on any atom is -0.266 e. The van der Waals surface area contributed by atoms with E-state index in [1.54, 1.807) is 0 Å². The van der Waals surface area contributed by atoms with E-state index in [-0.39, 0.29) is 6.04 Å². The minimum absolute atomic E-state index is 0.209. The van der Waals surface area contributed by atoms with Gasteiger partial charge in [0, 0.05) is 5.69 Å². The van der Waals surface area contributed by atoms with Crippen molar-refractivity contribution in [3.63, 3.8) is 0 Å². The van der Waals surface area contributed by atoms with Crippen LogP contribution in [0.3, 0.4) is 0 Å². The van der Waals surface area contributed by atoms with Gasteiger partial charge in [-0.1, -0.05) is 20.8 Å². The summed E-state index contributed by atoms with van der Waals surface area (Å²) < 4.78 is 38.5. The number of alkyl halides is 3. The zero-order valence-corrected chi connectivity index (χ0v) is 9.80. The van der Waals surface area contributed by atoms with Crippen LogP contribution < -0.4 is 0 Å². The normalized spacial score (nSPS) is 15.6. The molecule has 0 saturated heterocycles. The third-order valence-electron chi connectivity index (χ3n) is 2.36. The number of hydrogen-bond acceptors (Lipinski definition) is 1. The molecule has 0 unspecified atom stereocenters. The number of halogens is 3. The lowest BCUT2D eigenvalue weighted by Crippen LogP contribution is -2.07. The maximum absolute atomic E-state index is 12.3. The Morgan fingerprint density at radius 2 is 1.94 bits per heavy atom. The molecule has 5 heteroatoms. The van der Waals surface area contributed by atoms with Gasteiger partial charge in [-0.15, -0.1) is 0 Å². The Morgan fingerprint density at radius 1 is 1.38 bits per heavy atom. The first kappa shape index (κ1) is 13.1. The van der Waals surface area contributed by atoms with Gasteiger partial charge in [0.1, 0.15) is 0 Å². The fourth-order valence-corrected chi connectivity index (χ4v) is 1.47. The molecule has 0 N–H and O–H groups in total. The van der Waals surface area contributed by atoms with Gasteiger partial charge in [-0.3, -0.25) is 4.68 Å². The molecule has 1 aromatic heterocycles. The smallest absolute Gasteiger partial charge is 0.266 e. The Bertz CT molecular complexity index is 337. The summed E-state index contributed by atoms with van der Waals surface area (Å²) in [6.07, 6.45) is -1.82. The molecule has 92 valence electrons. The zero-order valence-electron chi connectivity index (χ0n) is 9.80. The van der Waals surface area contributed by atoms with E-state index in [1.165, 1.54) is 4.68 Å². The van der Waals surface area contributed by atoms with Crippen LogP contribution in [-0.2, 0) is 12.6 Å². The highest BCUT2D eigenvalue weighted by molar-refractivity contribution is 5.15. The molecule has 0 spiro atoms. The molecular weight excluding hydrogens is 217 g/mol. The molecule has 1 aromatic rings. The monoisotopic (exact) mass is 234 g/mol. The lowest BCUT2D eigenvalue weighted by molar-refractivity contribution is -0.141. The van der Waals surface area contributed by atoms with Crippen LogP contribution >= 0.6 is 0 Å². The van der Waals surface area contributed by atoms with Crippen molar-refractivity contribution in [3.05, 3.63) is 17.5 Å². The summed E-state index contributed by atoms with van der Waals surface area (Å²) in [7, 11) is 0. The summed E-state index contributed by atoms with van der Waals surface area (Å²) in [4.78, 5) is 0. The molecule has 1 aliphatic carbocycles. The highest BCUT2D eigenvalue weighted by Crippen LogP contribution is 2.37. The summed E-state index contributed by atoms with van der Waals surface area (Å²) in [6, 6.07) is 1.36. The highest BCUT2D eigenvalue weighted by atomic mass is 19.4. The summed E-state index contributed by atoms with van der Waals surface area (Å²) in [6.45, 7) is 5.84. The fourth-order valence-electron chi connectivity index (χ4n) is 1.47. The summed E-state index contributed by atoms with van der Waals surface area (Å²) in [5, 5.41) is 3.61. The van der Waals surface area contributed by atoms with Crippen LogP contribution in [0.1, 0.15) is 51.0 Å². The average molecular weight is 234 g/mol. The fraction of sp³-hybridized carbons (Fsp3) is 0.727. The third kappa shape index (κ3) is 2.77. The van der Waals surface area contributed by atoms with E-state index < -0.39 is 11.9 Å². The Labute approximate surface area is 93.5 Å². The van der Waals surface area contributed by atoms with Crippen molar-refractivity contribution in [1.29, 1.82) is 0 Å². The van der Waals surface area contributed by atoms with E-state index in [1.807, 2.05) is 20.8 Å². The van der Waals surface area contributed by atoms with Crippen molar-refractivity contribution in [2.24, 2.45) is 0 Å². The van der Waals surface area contributed by atoms with E-state index in [0.717, 1.165) is 18.9 Å². The lowest BCUT2D eigenvalue weighted by Gasteiger charge is -2.02. The largest absolute Gasteiger partial charge is 0.435 e. The van der Waals surface area contributed by atoms with Gasteiger partial charge in [-0.05, 0) is 25.3 Å². The van der Waals surface area contributed by atoms with Gasteiger partial charge in [0.15, 0.2) is 5.69 Å². The molecule has 0 radical (unpaired) electrons.